The largest absolute Gasteiger partial charge is 0.480 e. The number of ether oxygens (including phenoxy) is 1. The number of nitrogens with zero attached hydrogens (tertiary/aromatic N) is 1. The number of methoxy groups -OCH3 is 1. The van der Waals surface area contributed by atoms with E-state index < -0.39 is 0 Å². The van der Waals surface area contributed by atoms with Crippen LogP contribution in [0.5, 0.6) is 5.88 Å². The minimum atomic E-state index is -0.350. The molecular formula is C13H12ClN3O2. The van der Waals surface area contributed by atoms with E-state index in [9.17, 15) is 4.79 Å². The molecule has 0 fully saturated rings. The summed E-state index contributed by atoms with van der Waals surface area (Å²) in [6, 6.07) is 8.13. The Morgan fingerprint density at radius 3 is 2.89 bits per heavy atom. The molecule has 0 aliphatic rings. The molecule has 0 aliphatic carbocycles. The Morgan fingerprint density at radius 1 is 1.42 bits per heavy atom. The van der Waals surface area contributed by atoms with E-state index in [4.69, 9.17) is 22.1 Å². The first-order valence-electron chi connectivity index (χ1n) is 5.47. The van der Waals surface area contributed by atoms with Crippen molar-refractivity contribution in [3.05, 3.63) is 47.1 Å². The fraction of sp³-hybridized carbons (Fsp3) is 0.0769. The van der Waals surface area contributed by atoms with Gasteiger partial charge in [-0.05, 0) is 30.3 Å². The molecule has 1 aromatic heterocycles. The second-order valence-corrected chi connectivity index (χ2v) is 4.16. The number of amides is 1. The van der Waals surface area contributed by atoms with Gasteiger partial charge in [0.05, 0.1) is 17.8 Å². The average molecular weight is 278 g/mol. The summed E-state index contributed by atoms with van der Waals surface area (Å²) in [4.78, 5) is 16.1. The lowest BCUT2D eigenvalue weighted by atomic mass is 10.2. The lowest BCUT2D eigenvalue weighted by Crippen LogP contribution is -2.14. The first-order chi connectivity index (χ1) is 9.11. The van der Waals surface area contributed by atoms with Gasteiger partial charge in [0, 0.05) is 11.9 Å². The fourth-order valence-electron chi connectivity index (χ4n) is 1.55. The molecule has 2 aromatic rings. The summed E-state index contributed by atoms with van der Waals surface area (Å²) in [5.41, 5.74) is 6.93. The summed E-state index contributed by atoms with van der Waals surface area (Å²) in [6.07, 6.45) is 1.55. The summed E-state index contributed by atoms with van der Waals surface area (Å²) in [5, 5.41) is 3.05. The smallest absolute Gasteiger partial charge is 0.261 e. The fourth-order valence-corrected chi connectivity index (χ4v) is 1.78. The third-order valence-corrected chi connectivity index (χ3v) is 2.76. The van der Waals surface area contributed by atoms with E-state index in [2.05, 4.69) is 10.3 Å². The molecular weight excluding hydrogens is 266 g/mol. The highest BCUT2D eigenvalue weighted by Crippen LogP contribution is 2.25. The van der Waals surface area contributed by atoms with Crippen LogP contribution in [-0.4, -0.2) is 18.0 Å². The van der Waals surface area contributed by atoms with Crippen LogP contribution in [0.15, 0.2) is 36.5 Å². The number of nitrogen functional groups attached to an aromatic ring is 1. The van der Waals surface area contributed by atoms with E-state index >= 15 is 0 Å². The van der Waals surface area contributed by atoms with Gasteiger partial charge in [-0.1, -0.05) is 11.6 Å². The molecule has 0 saturated heterocycles. The summed E-state index contributed by atoms with van der Waals surface area (Å²) in [5.74, 6) is -0.0943. The first kappa shape index (κ1) is 13.2. The Labute approximate surface area is 115 Å². The van der Waals surface area contributed by atoms with Crippen LogP contribution in [0.4, 0.5) is 11.4 Å². The maximum atomic E-state index is 12.1. The highest BCUT2D eigenvalue weighted by atomic mass is 35.5. The van der Waals surface area contributed by atoms with E-state index in [0.717, 1.165) is 0 Å². The molecule has 6 heteroatoms. The SMILES string of the molecule is COc1ncccc1C(=O)Nc1ccc(N)cc1Cl. The normalized spacial score (nSPS) is 10.0. The van der Waals surface area contributed by atoms with Gasteiger partial charge in [-0.15, -0.1) is 0 Å². The van der Waals surface area contributed by atoms with Crippen LogP contribution in [0.2, 0.25) is 5.02 Å². The molecule has 0 unspecified atom stereocenters. The zero-order valence-corrected chi connectivity index (χ0v) is 10.9. The molecule has 3 N–H and O–H groups in total. The number of nitrogens with one attached hydrogen (secondary N) is 1. The third kappa shape index (κ3) is 2.95. The minimum absolute atomic E-state index is 0.256. The van der Waals surface area contributed by atoms with Crippen molar-refractivity contribution in [1.29, 1.82) is 0 Å². The lowest BCUT2D eigenvalue weighted by molar-refractivity contribution is 0.102. The van der Waals surface area contributed by atoms with Gasteiger partial charge >= 0.3 is 0 Å². The van der Waals surface area contributed by atoms with Crippen LogP contribution in [0.25, 0.3) is 0 Å². The van der Waals surface area contributed by atoms with Crippen molar-refractivity contribution < 1.29 is 9.53 Å². The van der Waals surface area contributed by atoms with Crippen molar-refractivity contribution in [3.8, 4) is 5.88 Å². The van der Waals surface area contributed by atoms with E-state index in [1.165, 1.54) is 7.11 Å². The van der Waals surface area contributed by atoms with Crippen LogP contribution in [0.1, 0.15) is 10.4 Å². The minimum Gasteiger partial charge on any atom is -0.480 e. The Bertz CT molecular complexity index is 617. The molecule has 2 rings (SSSR count). The number of rotatable bonds is 3. The van der Waals surface area contributed by atoms with Crippen LogP contribution < -0.4 is 15.8 Å². The highest BCUT2D eigenvalue weighted by molar-refractivity contribution is 6.34. The van der Waals surface area contributed by atoms with Gasteiger partial charge in [0.2, 0.25) is 5.88 Å². The highest BCUT2D eigenvalue weighted by Gasteiger charge is 2.14. The number of aromatic nitrogens is 1. The number of pyridine rings is 1. The van der Waals surface area contributed by atoms with Crippen molar-refractivity contribution in [1.82, 2.24) is 4.98 Å². The van der Waals surface area contributed by atoms with Crippen molar-refractivity contribution in [3.63, 3.8) is 0 Å². The second-order valence-electron chi connectivity index (χ2n) is 3.75. The van der Waals surface area contributed by atoms with Crippen molar-refractivity contribution in [2.24, 2.45) is 0 Å². The number of nitrogens with two attached hydrogens (primary N) is 1. The van der Waals surface area contributed by atoms with Gasteiger partial charge < -0.3 is 15.8 Å². The summed E-state index contributed by atoms with van der Waals surface area (Å²) in [7, 11) is 1.45. The number of halogens is 1. The van der Waals surface area contributed by atoms with Crippen molar-refractivity contribution in [2.45, 2.75) is 0 Å². The van der Waals surface area contributed by atoms with Gasteiger partial charge in [0.1, 0.15) is 5.56 Å². The Kier molecular flexibility index (Phi) is 3.87. The van der Waals surface area contributed by atoms with Gasteiger partial charge in [-0.25, -0.2) is 4.98 Å². The molecule has 1 aromatic carbocycles. The molecule has 5 nitrogen and oxygen atoms in total. The zero-order valence-electron chi connectivity index (χ0n) is 10.2. The molecule has 0 bridgehead atoms. The number of carbonyl (C=O) groups is 1. The summed E-state index contributed by atoms with van der Waals surface area (Å²) in [6.45, 7) is 0. The van der Waals surface area contributed by atoms with E-state index in [1.807, 2.05) is 0 Å². The molecule has 1 amide bonds. The predicted molar refractivity (Wildman–Crippen MR) is 74.6 cm³/mol. The zero-order chi connectivity index (χ0) is 13.8. The number of anilines is 2. The number of hydrogen-bond donors (Lipinski definition) is 2. The molecule has 1 heterocycles. The van der Waals surface area contributed by atoms with Crippen molar-refractivity contribution in [2.75, 3.05) is 18.2 Å². The second kappa shape index (κ2) is 5.58. The molecule has 98 valence electrons. The van der Waals surface area contributed by atoms with Crippen LogP contribution in [-0.2, 0) is 0 Å². The van der Waals surface area contributed by atoms with Gasteiger partial charge in [0.15, 0.2) is 0 Å². The Hall–Kier alpha value is -2.27. The number of hydrogen-bond acceptors (Lipinski definition) is 4. The Balaban J connectivity index is 2.26. The predicted octanol–water partition coefficient (Wildman–Crippen LogP) is 2.58. The van der Waals surface area contributed by atoms with Crippen molar-refractivity contribution >= 4 is 28.9 Å². The van der Waals surface area contributed by atoms with E-state index in [1.54, 1.807) is 36.5 Å². The summed E-state index contributed by atoms with van der Waals surface area (Å²) >= 11 is 5.99. The van der Waals surface area contributed by atoms with Crippen LogP contribution in [0.3, 0.4) is 0 Å². The topological polar surface area (TPSA) is 77.2 Å². The maximum Gasteiger partial charge on any atom is 0.261 e. The molecule has 0 radical (unpaired) electrons. The molecule has 19 heavy (non-hydrogen) atoms. The molecule has 0 spiro atoms. The molecule has 0 saturated carbocycles. The quantitative estimate of drug-likeness (QED) is 0.846. The van der Waals surface area contributed by atoms with Gasteiger partial charge in [-0.3, -0.25) is 4.79 Å². The number of carbonyl (C=O) groups excluding carboxylic acids is 1. The molecule has 0 atom stereocenters. The maximum absolute atomic E-state index is 12.1. The Morgan fingerprint density at radius 2 is 2.21 bits per heavy atom. The third-order valence-electron chi connectivity index (χ3n) is 2.45. The lowest BCUT2D eigenvalue weighted by Gasteiger charge is -2.09. The monoisotopic (exact) mass is 277 g/mol. The van der Waals surface area contributed by atoms with Crippen LogP contribution in [0, 0.1) is 0 Å². The average Bonchev–Trinajstić information content (AvgIpc) is 2.41. The summed E-state index contributed by atoms with van der Waals surface area (Å²) < 4.78 is 5.03. The standard InChI is InChI=1S/C13H12ClN3O2/c1-19-13-9(3-2-6-16-13)12(18)17-11-5-4-8(15)7-10(11)14/h2-7H,15H2,1H3,(H,17,18). The molecule has 0 aliphatic heterocycles. The van der Waals surface area contributed by atoms with Gasteiger partial charge in [0.25, 0.3) is 5.91 Å². The van der Waals surface area contributed by atoms with Gasteiger partial charge in [-0.2, -0.15) is 0 Å². The number of benzene rings is 1. The first-order valence-corrected chi connectivity index (χ1v) is 5.85. The van der Waals surface area contributed by atoms with E-state index in [0.29, 0.717) is 22.0 Å². The van der Waals surface area contributed by atoms with Crippen LogP contribution >= 0.6 is 11.6 Å². The van der Waals surface area contributed by atoms with E-state index in [-0.39, 0.29) is 11.8 Å².